The van der Waals surface area contributed by atoms with Crippen molar-refractivity contribution in [2.45, 2.75) is 18.9 Å². The summed E-state index contributed by atoms with van der Waals surface area (Å²) >= 11 is 0. The number of benzene rings is 1. The van der Waals surface area contributed by atoms with Gasteiger partial charge >= 0.3 is 5.97 Å². The summed E-state index contributed by atoms with van der Waals surface area (Å²) in [6, 6.07) is 7.39. The third kappa shape index (κ3) is 3.82. The molecular formula is C14H22NO3+. The number of carboxylic acid groups (broad SMARTS) is 1. The van der Waals surface area contributed by atoms with Gasteiger partial charge in [0, 0.05) is 0 Å². The second-order valence-corrected chi connectivity index (χ2v) is 5.87. The van der Waals surface area contributed by atoms with Gasteiger partial charge in [-0.15, -0.1) is 0 Å². The molecule has 1 atom stereocenters. The summed E-state index contributed by atoms with van der Waals surface area (Å²) in [5.74, 6) is -0.991. The molecule has 1 aromatic rings. The van der Waals surface area contributed by atoms with Gasteiger partial charge in [-0.3, -0.25) is 4.79 Å². The Hall–Kier alpha value is -1.39. The van der Waals surface area contributed by atoms with E-state index >= 15 is 0 Å². The van der Waals surface area contributed by atoms with Gasteiger partial charge in [0.1, 0.15) is 12.1 Å². The van der Waals surface area contributed by atoms with E-state index in [0.717, 1.165) is 5.56 Å². The Kier molecular flexibility index (Phi) is 4.14. The maximum absolute atomic E-state index is 11.0. The lowest BCUT2D eigenvalue weighted by atomic mass is 9.86. The number of rotatable bonds is 5. The first kappa shape index (κ1) is 14.7. The molecule has 18 heavy (non-hydrogen) atoms. The molecule has 0 spiro atoms. The van der Waals surface area contributed by atoms with Crippen LogP contribution in [0.4, 0.5) is 0 Å². The van der Waals surface area contributed by atoms with Gasteiger partial charge in [0.15, 0.2) is 0 Å². The molecular weight excluding hydrogens is 230 g/mol. The highest BCUT2D eigenvalue weighted by molar-refractivity contribution is 5.68. The van der Waals surface area contributed by atoms with E-state index in [0.29, 0.717) is 16.6 Å². The Labute approximate surface area is 108 Å². The maximum Gasteiger partial charge on any atom is 0.306 e. The van der Waals surface area contributed by atoms with Crippen LogP contribution in [-0.4, -0.2) is 48.4 Å². The molecule has 100 valence electrons. The monoisotopic (exact) mass is 252 g/mol. The summed E-state index contributed by atoms with van der Waals surface area (Å²) in [4.78, 5) is 11.0. The summed E-state index contributed by atoms with van der Waals surface area (Å²) in [5, 5.41) is 19.8. The Morgan fingerprint density at radius 1 is 1.28 bits per heavy atom. The van der Waals surface area contributed by atoms with Crippen molar-refractivity contribution in [3.05, 3.63) is 35.4 Å². The van der Waals surface area contributed by atoms with Gasteiger partial charge in [-0.25, -0.2) is 0 Å². The van der Waals surface area contributed by atoms with E-state index in [-0.39, 0.29) is 6.42 Å². The number of hydrogen-bond acceptors (Lipinski definition) is 2. The van der Waals surface area contributed by atoms with Crippen LogP contribution in [0.1, 0.15) is 17.5 Å². The Morgan fingerprint density at radius 2 is 1.83 bits per heavy atom. The van der Waals surface area contributed by atoms with Crippen molar-refractivity contribution in [3.63, 3.8) is 0 Å². The van der Waals surface area contributed by atoms with Crippen molar-refractivity contribution >= 4 is 5.97 Å². The minimum absolute atomic E-state index is 0.284. The zero-order valence-electron chi connectivity index (χ0n) is 11.5. The van der Waals surface area contributed by atoms with Gasteiger partial charge in [-0.2, -0.15) is 0 Å². The Morgan fingerprint density at radius 3 is 2.28 bits per heavy atom. The summed E-state index contributed by atoms with van der Waals surface area (Å²) in [6.45, 7) is 2.24. The van der Waals surface area contributed by atoms with Crippen LogP contribution in [0.3, 0.4) is 0 Å². The zero-order valence-corrected chi connectivity index (χ0v) is 11.5. The highest BCUT2D eigenvalue weighted by atomic mass is 16.4. The molecule has 0 saturated heterocycles. The fourth-order valence-corrected chi connectivity index (χ4v) is 2.37. The number of carboxylic acids is 1. The molecule has 0 fully saturated rings. The van der Waals surface area contributed by atoms with Crippen LogP contribution >= 0.6 is 0 Å². The molecule has 1 unspecified atom stereocenters. The van der Waals surface area contributed by atoms with Crippen LogP contribution in [-0.2, 0) is 10.4 Å². The van der Waals surface area contributed by atoms with Crippen molar-refractivity contribution in [3.8, 4) is 0 Å². The van der Waals surface area contributed by atoms with Crippen LogP contribution in [0, 0.1) is 6.92 Å². The van der Waals surface area contributed by atoms with Crippen molar-refractivity contribution < 1.29 is 19.5 Å². The van der Waals surface area contributed by atoms with E-state index in [2.05, 4.69) is 0 Å². The van der Waals surface area contributed by atoms with Gasteiger partial charge in [0.2, 0.25) is 0 Å². The van der Waals surface area contributed by atoms with Crippen molar-refractivity contribution in [1.82, 2.24) is 0 Å². The van der Waals surface area contributed by atoms with Crippen LogP contribution in [0.5, 0.6) is 0 Å². The first-order valence-electron chi connectivity index (χ1n) is 5.95. The third-order valence-corrected chi connectivity index (χ3v) is 2.83. The first-order chi connectivity index (χ1) is 8.14. The number of nitrogens with zero attached hydrogens (tertiary/aromatic N) is 1. The average Bonchev–Trinajstić information content (AvgIpc) is 2.13. The minimum atomic E-state index is -1.34. The van der Waals surface area contributed by atoms with E-state index in [1.165, 1.54) is 0 Å². The normalized spacial score (nSPS) is 15.2. The van der Waals surface area contributed by atoms with Crippen LogP contribution in [0.2, 0.25) is 0 Å². The summed E-state index contributed by atoms with van der Waals surface area (Å²) < 4.78 is 0.498. The number of aliphatic hydroxyl groups is 1. The quantitative estimate of drug-likeness (QED) is 0.778. The van der Waals surface area contributed by atoms with Gasteiger partial charge in [0.25, 0.3) is 0 Å². The van der Waals surface area contributed by atoms with Crippen molar-refractivity contribution in [2.24, 2.45) is 0 Å². The highest BCUT2D eigenvalue weighted by Crippen LogP contribution is 2.29. The van der Waals surface area contributed by atoms with Gasteiger partial charge in [-0.1, -0.05) is 24.3 Å². The number of quaternary nitrogens is 1. The maximum atomic E-state index is 11.0. The molecule has 0 heterocycles. The van der Waals surface area contributed by atoms with Gasteiger partial charge in [-0.05, 0) is 18.1 Å². The van der Waals surface area contributed by atoms with Crippen molar-refractivity contribution in [1.29, 1.82) is 0 Å². The molecule has 0 aromatic heterocycles. The summed E-state index contributed by atoms with van der Waals surface area (Å²) in [5.41, 5.74) is 0.269. The Bertz CT molecular complexity index is 437. The van der Waals surface area contributed by atoms with Gasteiger partial charge < -0.3 is 14.7 Å². The first-order valence-corrected chi connectivity index (χ1v) is 5.95. The molecule has 0 aliphatic rings. The van der Waals surface area contributed by atoms with Crippen LogP contribution < -0.4 is 0 Å². The second-order valence-electron chi connectivity index (χ2n) is 5.87. The van der Waals surface area contributed by atoms with E-state index in [1.807, 2.05) is 46.3 Å². The number of likely N-dealkylation sites (N-methyl/N-ethyl adjacent to an activating group) is 1. The lowest BCUT2D eigenvalue weighted by Gasteiger charge is -2.35. The molecule has 4 heteroatoms. The topological polar surface area (TPSA) is 57.5 Å². The molecule has 0 bridgehead atoms. The van der Waals surface area contributed by atoms with Crippen molar-refractivity contribution in [2.75, 3.05) is 27.7 Å². The molecule has 1 aromatic carbocycles. The molecule has 0 saturated carbocycles. The standard InChI is InChI=1S/C14H21NO3/c1-11-7-5-6-8-12(11)14(18,9-13(16)17)10-15(2,3)4/h5-8,18H,9-10H2,1-4H3/p+1. The molecule has 0 amide bonds. The Balaban J connectivity index is 3.20. The van der Waals surface area contributed by atoms with Gasteiger partial charge in [0.05, 0.1) is 27.6 Å². The molecule has 2 N–H and O–H groups in total. The minimum Gasteiger partial charge on any atom is -0.481 e. The fourth-order valence-electron chi connectivity index (χ4n) is 2.37. The van der Waals surface area contributed by atoms with E-state index in [1.54, 1.807) is 6.07 Å². The van der Waals surface area contributed by atoms with Crippen LogP contribution in [0.25, 0.3) is 0 Å². The number of carbonyl (C=O) groups is 1. The fraction of sp³-hybridized carbons (Fsp3) is 0.500. The summed E-state index contributed by atoms with van der Waals surface area (Å²) in [7, 11) is 5.81. The molecule has 1 rings (SSSR count). The second kappa shape index (κ2) is 5.08. The summed E-state index contributed by atoms with van der Waals surface area (Å²) in [6.07, 6.45) is -0.284. The zero-order chi connectivity index (χ0) is 14.0. The largest absolute Gasteiger partial charge is 0.481 e. The lowest BCUT2D eigenvalue weighted by Crippen LogP contribution is -2.48. The predicted octanol–water partition coefficient (Wildman–Crippen LogP) is 1.36. The molecule has 0 aliphatic heterocycles. The smallest absolute Gasteiger partial charge is 0.306 e. The highest BCUT2D eigenvalue weighted by Gasteiger charge is 2.38. The number of aryl methyl sites for hydroxylation is 1. The predicted molar refractivity (Wildman–Crippen MR) is 70.2 cm³/mol. The van der Waals surface area contributed by atoms with Crippen LogP contribution in [0.15, 0.2) is 24.3 Å². The van der Waals surface area contributed by atoms with E-state index < -0.39 is 11.6 Å². The average molecular weight is 252 g/mol. The van der Waals surface area contributed by atoms with E-state index in [9.17, 15) is 9.90 Å². The molecule has 0 radical (unpaired) electrons. The van der Waals surface area contributed by atoms with E-state index in [4.69, 9.17) is 5.11 Å². The third-order valence-electron chi connectivity index (χ3n) is 2.83. The number of hydrogen-bond donors (Lipinski definition) is 2. The molecule has 4 nitrogen and oxygen atoms in total. The lowest BCUT2D eigenvalue weighted by molar-refractivity contribution is -0.878. The number of aliphatic carboxylic acids is 1. The molecule has 0 aliphatic carbocycles. The SMILES string of the molecule is Cc1ccccc1C(O)(CC(=O)O)C[N+](C)(C)C.